The summed E-state index contributed by atoms with van der Waals surface area (Å²) in [5.41, 5.74) is 4.04. The van der Waals surface area contributed by atoms with Crippen molar-refractivity contribution >= 4 is 17.3 Å². The van der Waals surface area contributed by atoms with E-state index in [0.717, 1.165) is 28.1 Å². The van der Waals surface area contributed by atoms with Crippen molar-refractivity contribution in [2.24, 2.45) is 0 Å². The van der Waals surface area contributed by atoms with Crippen molar-refractivity contribution in [1.29, 1.82) is 0 Å². The second-order valence-electron chi connectivity index (χ2n) is 6.74. The third-order valence-electron chi connectivity index (χ3n) is 4.69. The molecule has 4 nitrogen and oxygen atoms in total. The van der Waals surface area contributed by atoms with E-state index in [1.807, 2.05) is 60.7 Å². The van der Waals surface area contributed by atoms with Crippen LogP contribution >= 0.6 is 11.6 Å². The molecule has 0 spiro atoms. The van der Waals surface area contributed by atoms with E-state index in [2.05, 4.69) is 18.0 Å². The zero-order valence-electron chi connectivity index (χ0n) is 17.3. The van der Waals surface area contributed by atoms with Gasteiger partial charge in [-0.2, -0.15) is 0 Å². The van der Waals surface area contributed by atoms with E-state index < -0.39 is 0 Å². The standard InChI is InChI=1S/C25H26ClNO3/c1-4-7-19-14-18(16-27-21-10-12-22(28-2)13-11-21)15-24(29-3)25(19)30-17-20-8-5-6-9-23(20)26/h4-6,8-15,27H,1,7,16-17H2,2-3H3. The number of hydrogen-bond donors (Lipinski definition) is 1. The first-order chi connectivity index (χ1) is 14.6. The Kier molecular flexibility index (Phi) is 7.63. The van der Waals surface area contributed by atoms with Crippen LogP contribution in [0.3, 0.4) is 0 Å². The minimum Gasteiger partial charge on any atom is -0.497 e. The van der Waals surface area contributed by atoms with Gasteiger partial charge < -0.3 is 19.5 Å². The molecule has 0 atom stereocenters. The molecule has 1 N–H and O–H groups in total. The van der Waals surface area contributed by atoms with E-state index in [0.29, 0.717) is 36.1 Å². The smallest absolute Gasteiger partial charge is 0.165 e. The number of halogens is 1. The molecular formula is C25H26ClNO3. The van der Waals surface area contributed by atoms with Crippen LogP contribution in [0.15, 0.2) is 73.3 Å². The molecule has 0 radical (unpaired) electrons. The molecule has 3 rings (SSSR count). The molecule has 3 aromatic rings. The molecule has 0 saturated heterocycles. The largest absolute Gasteiger partial charge is 0.497 e. The third kappa shape index (κ3) is 5.49. The predicted octanol–water partition coefficient (Wildman–Crippen LogP) is 6.28. The molecule has 3 aromatic carbocycles. The second kappa shape index (κ2) is 10.6. The molecular weight excluding hydrogens is 398 g/mol. The molecule has 156 valence electrons. The fraction of sp³-hybridized carbons (Fsp3) is 0.200. The summed E-state index contributed by atoms with van der Waals surface area (Å²) in [5, 5.41) is 4.10. The summed E-state index contributed by atoms with van der Waals surface area (Å²) in [6.45, 7) is 4.89. The fourth-order valence-corrected chi connectivity index (χ4v) is 3.32. The van der Waals surface area contributed by atoms with Gasteiger partial charge in [-0.25, -0.2) is 0 Å². The zero-order chi connectivity index (χ0) is 21.3. The Morgan fingerprint density at radius 1 is 0.967 bits per heavy atom. The summed E-state index contributed by atoms with van der Waals surface area (Å²) >= 11 is 6.27. The van der Waals surface area contributed by atoms with Gasteiger partial charge in [-0.3, -0.25) is 0 Å². The minimum absolute atomic E-state index is 0.365. The lowest BCUT2D eigenvalue weighted by Gasteiger charge is -2.17. The molecule has 0 aromatic heterocycles. The van der Waals surface area contributed by atoms with Crippen LogP contribution < -0.4 is 19.5 Å². The average molecular weight is 424 g/mol. The van der Waals surface area contributed by atoms with Crippen molar-refractivity contribution in [3.63, 3.8) is 0 Å². The number of allylic oxidation sites excluding steroid dienone is 1. The van der Waals surface area contributed by atoms with Crippen molar-refractivity contribution in [2.45, 2.75) is 19.6 Å². The van der Waals surface area contributed by atoms with Crippen LogP contribution in [0.25, 0.3) is 0 Å². The fourth-order valence-electron chi connectivity index (χ4n) is 3.13. The monoisotopic (exact) mass is 423 g/mol. The van der Waals surface area contributed by atoms with E-state index in [9.17, 15) is 0 Å². The average Bonchev–Trinajstić information content (AvgIpc) is 2.78. The Morgan fingerprint density at radius 2 is 1.73 bits per heavy atom. The molecule has 0 fully saturated rings. The van der Waals surface area contributed by atoms with Gasteiger partial charge in [0.1, 0.15) is 12.4 Å². The lowest BCUT2D eigenvalue weighted by molar-refractivity contribution is 0.282. The Labute approximate surface area is 183 Å². The van der Waals surface area contributed by atoms with Crippen LogP contribution in [-0.4, -0.2) is 14.2 Å². The summed E-state index contributed by atoms with van der Waals surface area (Å²) in [6.07, 6.45) is 2.53. The highest BCUT2D eigenvalue weighted by atomic mass is 35.5. The SMILES string of the molecule is C=CCc1cc(CNc2ccc(OC)cc2)cc(OC)c1OCc1ccccc1Cl. The van der Waals surface area contributed by atoms with Gasteiger partial charge in [-0.15, -0.1) is 6.58 Å². The van der Waals surface area contributed by atoms with E-state index in [4.69, 9.17) is 25.8 Å². The Morgan fingerprint density at radius 3 is 2.40 bits per heavy atom. The summed E-state index contributed by atoms with van der Waals surface area (Å²) in [7, 11) is 3.31. The molecule has 0 aliphatic carbocycles. The zero-order valence-corrected chi connectivity index (χ0v) is 18.0. The van der Waals surface area contributed by atoms with Crippen molar-refractivity contribution in [1.82, 2.24) is 0 Å². The lowest BCUT2D eigenvalue weighted by atomic mass is 10.1. The first-order valence-electron chi connectivity index (χ1n) is 9.69. The number of benzene rings is 3. The first kappa shape index (κ1) is 21.6. The summed E-state index contributed by atoms with van der Waals surface area (Å²) in [4.78, 5) is 0. The number of anilines is 1. The summed E-state index contributed by atoms with van der Waals surface area (Å²) in [6, 6.07) is 19.6. The number of hydrogen-bond acceptors (Lipinski definition) is 4. The highest BCUT2D eigenvalue weighted by Gasteiger charge is 2.14. The van der Waals surface area contributed by atoms with Gasteiger partial charge in [0.25, 0.3) is 0 Å². The van der Waals surface area contributed by atoms with E-state index in [1.165, 1.54) is 0 Å². The summed E-state index contributed by atoms with van der Waals surface area (Å²) in [5.74, 6) is 2.23. The lowest BCUT2D eigenvalue weighted by Crippen LogP contribution is -2.05. The van der Waals surface area contributed by atoms with Crippen molar-refractivity contribution in [3.05, 3.63) is 95.0 Å². The molecule has 0 bridgehead atoms. The molecule has 0 aliphatic heterocycles. The van der Waals surface area contributed by atoms with E-state index in [1.54, 1.807) is 14.2 Å². The van der Waals surface area contributed by atoms with Gasteiger partial charge in [0, 0.05) is 28.4 Å². The van der Waals surface area contributed by atoms with Crippen molar-refractivity contribution in [3.8, 4) is 17.2 Å². The topological polar surface area (TPSA) is 39.7 Å². The molecule has 0 amide bonds. The second-order valence-corrected chi connectivity index (χ2v) is 7.15. The summed E-state index contributed by atoms with van der Waals surface area (Å²) < 4.78 is 17.0. The van der Waals surface area contributed by atoms with Crippen LogP contribution in [0.2, 0.25) is 5.02 Å². The van der Waals surface area contributed by atoms with Crippen molar-refractivity contribution in [2.75, 3.05) is 19.5 Å². The van der Waals surface area contributed by atoms with E-state index in [-0.39, 0.29) is 0 Å². The van der Waals surface area contributed by atoms with Crippen molar-refractivity contribution < 1.29 is 14.2 Å². The van der Waals surface area contributed by atoms with Gasteiger partial charge in [-0.05, 0) is 54.4 Å². The van der Waals surface area contributed by atoms with Crippen LogP contribution in [0, 0.1) is 0 Å². The van der Waals surface area contributed by atoms with Gasteiger partial charge in [0.15, 0.2) is 11.5 Å². The number of methoxy groups -OCH3 is 2. The normalized spacial score (nSPS) is 10.4. The molecule has 0 unspecified atom stereocenters. The highest BCUT2D eigenvalue weighted by Crippen LogP contribution is 2.35. The van der Waals surface area contributed by atoms with E-state index >= 15 is 0 Å². The first-order valence-corrected chi connectivity index (χ1v) is 10.1. The van der Waals surface area contributed by atoms with Gasteiger partial charge in [0.05, 0.1) is 14.2 Å². The highest BCUT2D eigenvalue weighted by molar-refractivity contribution is 6.31. The van der Waals surface area contributed by atoms with Gasteiger partial charge in [0.2, 0.25) is 0 Å². The Hall–Kier alpha value is -3.11. The molecule has 5 heteroatoms. The number of rotatable bonds is 10. The maximum absolute atomic E-state index is 6.27. The predicted molar refractivity (Wildman–Crippen MR) is 123 cm³/mol. The molecule has 30 heavy (non-hydrogen) atoms. The molecule has 0 heterocycles. The Balaban J connectivity index is 1.79. The molecule has 0 saturated carbocycles. The minimum atomic E-state index is 0.365. The maximum Gasteiger partial charge on any atom is 0.165 e. The molecule has 0 aliphatic rings. The van der Waals surface area contributed by atoms with Crippen LogP contribution in [0.1, 0.15) is 16.7 Å². The maximum atomic E-state index is 6.27. The van der Waals surface area contributed by atoms with Crippen LogP contribution in [0.4, 0.5) is 5.69 Å². The Bertz CT molecular complexity index is 986. The quantitative estimate of drug-likeness (QED) is 0.390. The van der Waals surface area contributed by atoms with Gasteiger partial charge >= 0.3 is 0 Å². The van der Waals surface area contributed by atoms with Crippen LogP contribution in [-0.2, 0) is 19.6 Å². The number of nitrogens with one attached hydrogen (secondary N) is 1. The van der Waals surface area contributed by atoms with Crippen LogP contribution in [0.5, 0.6) is 17.2 Å². The number of ether oxygens (including phenoxy) is 3. The van der Waals surface area contributed by atoms with Gasteiger partial charge in [-0.1, -0.05) is 35.9 Å². The third-order valence-corrected chi connectivity index (χ3v) is 5.06.